The highest BCUT2D eigenvalue weighted by Gasteiger charge is 2.40. The van der Waals surface area contributed by atoms with Crippen molar-refractivity contribution in [1.29, 1.82) is 0 Å². The van der Waals surface area contributed by atoms with Crippen molar-refractivity contribution in [3.63, 3.8) is 0 Å². The van der Waals surface area contributed by atoms with E-state index in [1.807, 2.05) is 32.0 Å². The number of esters is 1. The minimum Gasteiger partial charge on any atom is -0.460 e. The third-order valence-electron chi connectivity index (χ3n) is 4.87. The number of hydrogen-bond acceptors (Lipinski definition) is 5. The molecule has 1 aromatic heterocycles. The molecule has 3 aromatic rings. The zero-order valence-corrected chi connectivity index (χ0v) is 15.8. The molecule has 0 fully saturated rings. The standard InChI is InChI=1S/C23H18O5/c1-4-27-23(26)22-18-17(19(24)15-7-5-6-8-16(15)20(18)25)21(28-22)14-10-9-12(2)11-13(14)3/h5-11H,4H2,1-3H3. The van der Waals surface area contributed by atoms with Crippen LogP contribution in [0.2, 0.25) is 0 Å². The second-order valence-corrected chi connectivity index (χ2v) is 6.75. The molecular weight excluding hydrogens is 356 g/mol. The van der Waals surface area contributed by atoms with Crippen LogP contribution in [0.25, 0.3) is 11.3 Å². The third kappa shape index (κ3) is 2.59. The number of ketones is 2. The van der Waals surface area contributed by atoms with Crippen LogP contribution in [0.1, 0.15) is 60.4 Å². The molecule has 140 valence electrons. The van der Waals surface area contributed by atoms with Gasteiger partial charge in [-0.2, -0.15) is 0 Å². The molecule has 1 aliphatic rings. The molecule has 0 spiro atoms. The Hall–Kier alpha value is -3.47. The fourth-order valence-electron chi connectivity index (χ4n) is 3.61. The van der Waals surface area contributed by atoms with E-state index in [9.17, 15) is 14.4 Å². The van der Waals surface area contributed by atoms with Gasteiger partial charge in [0.05, 0.1) is 17.7 Å². The molecule has 0 aliphatic heterocycles. The first kappa shape index (κ1) is 17.9. The highest BCUT2D eigenvalue weighted by atomic mass is 16.5. The van der Waals surface area contributed by atoms with Gasteiger partial charge in [-0.05, 0) is 26.3 Å². The van der Waals surface area contributed by atoms with E-state index in [2.05, 4.69) is 0 Å². The first-order chi connectivity index (χ1) is 13.4. The van der Waals surface area contributed by atoms with E-state index in [0.29, 0.717) is 11.1 Å². The lowest BCUT2D eigenvalue weighted by Crippen LogP contribution is -2.22. The average molecular weight is 374 g/mol. The van der Waals surface area contributed by atoms with Gasteiger partial charge in [-0.25, -0.2) is 4.79 Å². The molecule has 2 aromatic carbocycles. The van der Waals surface area contributed by atoms with Gasteiger partial charge >= 0.3 is 5.97 Å². The fraction of sp³-hybridized carbons (Fsp3) is 0.174. The predicted octanol–water partition coefficient (Wildman–Crippen LogP) is 4.52. The van der Waals surface area contributed by atoms with Gasteiger partial charge in [-0.1, -0.05) is 48.0 Å². The van der Waals surface area contributed by atoms with E-state index in [1.54, 1.807) is 31.2 Å². The summed E-state index contributed by atoms with van der Waals surface area (Å²) in [5, 5.41) is 0. The summed E-state index contributed by atoms with van der Waals surface area (Å²) in [6.07, 6.45) is 0. The monoisotopic (exact) mass is 374 g/mol. The fourth-order valence-corrected chi connectivity index (χ4v) is 3.61. The van der Waals surface area contributed by atoms with Crippen LogP contribution in [-0.4, -0.2) is 24.1 Å². The lowest BCUT2D eigenvalue weighted by molar-refractivity contribution is 0.0487. The maximum Gasteiger partial charge on any atom is 0.375 e. The van der Waals surface area contributed by atoms with Gasteiger partial charge < -0.3 is 9.15 Å². The topological polar surface area (TPSA) is 73.6 Å². The molecule has 5 heteroatoms. The van der Waals surface area contributed by atoms with Gasteiger partial charge in [0.1, 0.15) is 5.76 Å². The molecule has 5 nitrogen and oxygen atoms in total. The highest BCUT2D eigenvalue weighted by molar-refractivity contribution is 6.32. The van der Waals surface area contributed by atoms with Gasteiger partial charge in [0.15, 0.2) is 11.6 Å². The van der Waals surface area contributed by atoms with E-state index in [4.69, 9.17) is 9.15 Å². The van der Waals surface area contributed by atoms with E-state index in [0.717, 1.165) is 11.1 Å². The van der Waals surface area contributed by atoms with Crippen LogP contribution >= 0.6 is 0 Å². The Balaban J connectivity index is 2.03. The van der Waals surface area contributed by atoms with Crippen molar-refractivity contribution < 1.29 is 23.5 Å². The number of fused-ring (bicyclic) bond motifs is 2. The van der Waals surface area contributed by atoms with E-state index in [1.165, 1.54) is 0 Å². The first-order valence-electron chi connectivity index (χ1n) is 9.04. The maximum absolute atomic E-state index is 13.3. The molecule has 0 bridgehead atoms. The van der Waals surface area contributed by atoms with Crippen LogP contribution in [0.4, 0.5) is 0 Å². The molecule has 1 aliphatic carbocycles. The van der Waals surface area contributed by atoms with Gasteiger partial charge in [-0.3, -0.25) is 9.59 Å². The highest BCUT2D eigenvalue weighted by Crippen LogP contribution is 2.40. The summed E-state index contributed by atoms with van der Waals surface area (Å²) in [5.74, 6) is -1.49. The molecule has 0 radical (unpaired) electrons. The Morgan fingerprint density at radius 2 is 1.57 bits per heavy atom. The SMILES string of the molecule is CCOC(=O)c1oc(-c2ccc(C)cc2C)c2c1C(=O)c1ccccc1C2=O. The number of ether oxygens (including phenoxy) is 1. The second kappa shape index (κ2) is 6.60. The molecule has 0 unspecified atom stereocenters. The number of carbonyl (C=O) groups excluding carboxylic acids is 3. The number of rotatable bonds is 3. The van der Waals surface area contributed by atoms with Crippen LogP contribution in [-0.2, 0) is 4.74 Å². The van der Waals surface area contributed by atoms with Gasteiger partial charge in [0.25, 0.3) is 0 Å². The smallest absolute Gasteiger partial charge is 0.375 e. The van der Waals surface area contributed by atoms with Crippen LogP contribution in [0.15, 0.2) is 46.9 Å². The lowest BCUT2D eigenvalue weighted by atomic mass is 9.83. The summed E-state index contributed by atoms with van der Waals surface area (Å²) in [5.41, 5.74) is 3.28. The molecule has 0 amide bonds. The van der Waals surface area contributed by atoms with Crippen molar-refractivity contribution in [2.75, 3.05) is 6.61 Å². The molecule has 1 heterocycles. The summed E-state index contributed by atoms with van der Waals surface area (Å²) in [6.45, 7) is 5.65. The minimum atomic E-state index is -0.754. The van der Waals surface area contributed by atoms with Crippen molar-refractivity contribution >= 4 is 17.5 Å². The summed E-state index contributed by atoms with van der Waals surface area (Å²) in [4.78, 5) is 38.9. The average Bonchev–Trinajstić information content (AvgIpc) is 3.07. The molecule has 4 rings (SSSR count). The lowest BCUT2D eigenvalue weighted by Gasteiger charge is -2.15. The number of aryl methyl sites for hydroxylation is 2. The van der Waals surface area contributed by atoms with Crippen molar-refractivity contribution in [2.45, 2.75) is 20.8 Å². The zero-order chi connectivity index (χ0) is 20.0. The third-order valence-corrected chi connectivity index (χ3v) is 4.87. The maximum atomic E-state index is 13.3. The number of furan rings is 1. The molecular formula is C23H18O5. The van der Waals surface area contributed by atoms with E-state index >= 15 is 0 Å². The first-order valence-corrected chi connectivity index (χ1v) is 9.04. The molecule has 28 heavy (non-hydrogen) atoms. The van der Waals surface area contributed by atoms with Crippen LogP contribution in [0.3, 0.4) is 0 Å². The van der Waals surface area contributed by atoms with Gasteiger partial charge in [0, 0.05) is 16.7 Å². The minimum absolute atomic E-state index is 0.0166. The van der Waals surface area contributed by atoms with E-state index < -0.39 is 11.8 Å². The van der Waals surface area contributed by atoms with Crippen molar-refractivity contribution in [1.82, 2.24) is 0 Å². The summed E-state index contributed by atoms with van der Waals surface area (Å²) >= 11 is 0. The normalized spacial score (nSPS) is 12.5. The largest absolute Gasteiger partial charge is 0.460 e. The number of hydrogen-bond donors (Lipinski definition) is 0. The van der Waals surface area contributed by atoms with E-state index in [-0.39, 0.29) is 40.6 Å². The van der Waals surface area contributed by atoms with Gasteiger partial charge in [-0.15, -0.1) is 0 Å². The van der Waals surface area contributed by atoms with Crippen LogP contribution < -0.4 is 0 Å². The van der Waals surface area contributed by atoms with Crippen molar-refractivity contribution in [3.8, 4) is 11.3 Å². The Kier molecular flexibility index (Phi) is 4.23. The Labute approximate surface area is 161 Å². The van der Waals surface area contributed by atoms with Crippen molar-refractivity contribution in [3.05, 3.63) is 81.6 Å². The zero-order valence-electron chi connectivity index (χ0n) is 15.8. The second-order valence-electron chi connectivity index (χ2n) is 6.75. The summed E-state index contributed by atoms with van der Waals surface area (Å²) in [7, 11) is 0. The molecule has 0 saturated carbocycles. The summed E-state index contributed by atoms with van der Waals surface area (Å²) < 4.78 is 10.9. The van der Waals surface area contributed by atoms with Crippen molar-refractivity contribution in [2.24, 2.45) is 0 Å². The Bertz CT molecular complexity index is 1150. The Morgan fingerprint density at radius 1 is 0.929 bits per heavy atom. The number of carbonyl (C=O) groups is 3. The molecule has 0 N–H and O–H groups in total. The molecule has 0 saturated heterocycles. The summed E-state index contributed by atoms with van der Waals surface area (Å²) in [6, 6.07) is 12.3. The Morgan fingerprint density at radius 3 is 2.18 bits per heavy atom. The number of benzene rings is 2. The van der Waals surface area contributed by atoms with Crippen LogP contribution in [0.5, 0.6) is 0 Å². The van der Waals surface area contributed by atoms with Gasteiger partial charge in [0.2, 0.25) is 5.76 Å². The molecule has 0 atom stereocenters. The predicted molar refractivity (Wildman–Crippen MR) is 103 cm³/mol. The quantitative estimate of drug-likeness (QED) is 0.493. The van der Waals surface area contributed by atoms with Crippen LogP contribution in [0, 0.1) is 13.8 Å².